The Morgan fingerprint density at radius 3 is 2.77 bits per heavy atom. The van der Waals surface area contributed by atoms with E-state index in [9.17, 15) is 9.18 Å². The normalized spacial score (nSPS) is 10.4. The fourth-order valence-corrected chi connectivity index (χ4v) is 2.77. The third-order valence-electron chi connectivity index (χ3n) is 3.82. The van der Waals surface area contributed by atoms with Crippen molar-refractivity contribution in [3.05, 3.63) is 82.8 Å². The molecular weight excluding hydrogens is 355 g/mol. The van der Waals surface area contributed by atoms with E-state index in [2.05, 4.69) is 10.3 Å². The molecule has 0 spiro atoms. The Morgan fingerprint density at radius 2 is 2.04 bits per heavy atom. The van der Waals surface area contributed by atoms with Gasteiger partial charge in [0.25, 0.3) is 5.91 Å². The minimum absolute atomic E-state index is 0.229. The fraction of sp³-hybridized carbons (Fsp3) is 0.100. The van der Waals surface area contributed by atoms with Gasteiger partial charge in [0.1, 0.15) is 11.6 Å². The summed E-state index contributed by atoms with van der Waals surface area (Å²) in [4.78, 5) is 16.7. The Hall–Kier alpha value is -2.92. The van der Waals surface area contributed by atoms with Crippen molar-refractivity contribution in [2.45, 2.75) is 6.54 Å². The van der Waals surface area contributed by atoms with Crippen molar-refractivity contribution in [2.75, 3.05) is 7.11 Å². The van der Waals surface area contributed by atoms with Crippen molar-refractivity contribution in [3.8, 4) is 17.0 Å². The van der Waals surface area contributed by atoms with Gasteiger partial charge in [0.2, 0.25) is 0 Å². The van der Waals surface area contributed by atoms with Gasteiger partial charge in [-0.3, -0.25) is 9.78 Å². The maximum absolute atomic E-state index is 13.2. The molecule has 3 rings (SSSR count). The van der Waals surface area contributed by atoms with E-state index in [1.54, 1.807) is 48.7 Å². The molecule has 0 unspecified atom stereocenters. The van der Waals surface area contributed by atoms with Crippen LogP contribution in [0.5, 0.6) is 5.75 Å². The Balaban J connectivity index is 1.80. The molecule has 0 aliphatic rings. The first kappa shape index (κ1) is 17.9. The summed E-state index contributed by atoms with van der Waals surface area (Å²) in [6.45, 7) is 0.229. The minimum Gasteiger partial charge on any atom is -0.496 e. The number of pyridine rings is 1. The summed E-state index contributed by atoms with van der Waals surface area (Å²) in [5.41, 5.74) is 2.38. The van der Waals surface area contributed by atoms with E-state index in [1.165, 1.54) is 19.2 Å². The predicted octanol–water partition coefficient (Wildman–Crippen LogP) is 4.48. The SMILES string of the molecule is COc1cc(C(=O)NCc2cccc(F)c2)ccc1-c1ncccc1Cl. The number of nitrogens with zero attached hydrogens (tertiary/aromatic N) is 1. The van der Waals surface area contributed by atoms with E-state index in [-0.39, 0.29) is 18.3 Å². The van der Waals surface area contributed by atoms with Crippen LogP contribution < -0.4 is 10.1 Å². The second-order valence-electron chi connectivity index (χ2n) is 5.56. The first-order chi connectivity index (χ1) is 12.6. The molecule has 132 valence electrons. The number of hydrogen-bond donors (Lipinski definition) is 1. The monoisotopic (exact) mass is 370 g/mol. The van der Waals surface area contributed by atoms with Crippen LogP contribution in [0.2, 0.25) is 5.02 Å². The third-order valence-corrected chi connectivity index (χ3v) is 4.12. The highest BCUT2D eigenvalue weighted by molar-refractivity contribution is 6.33. The second kappa shape index (κ2) is 7.97. The van der Waals surface area contributed by atoms with Gasteiger partial charge in [0.15, 0.2) is 0 Å². The molecule has 0 aliphatic carbocycles. The van der Waals surface area contributed by atoms with Gasteiger partial charge in [-0.25, -0.2) is 4.39 Å². The van der Waals surface area contributed by atoms with Gasteiger partial charge < -0.3 is 10.1 Å². The highest BCUT2D eigenvalue weighted by Gasteiger charge is 2.14. The van der Waals surface area contributed by atoms with Gasteiger partial charge in [0, 0.05) is 23.9 Å². The summed E-state index contributed by atoms with van der Waals surface area (Å²) >= 11 is 6.19. The number of amides is 1. The molecule has 1 heterocycles. The summed E-state index contributed by atoms with van der Waals surface area (Å²) in [6, 6.07) is 14.6. The molecule has 0 saturated carbocycles. The number of halogens is 2. The predicted molar refractivity (Wildman–Crippen MR) is 98.8 cm³/mol. The molecule has 2 aromatic carbocycles. The number of benzene rings is 2. The number of aromatic nitrogens is 1. The zero-order valence-corrected chi connectivity index (χ0v) is 14.8. The average Bonchev–Trinajstić information content (AvgIpc) is 2.66. The van der Waals surface area contributed by atoms with Crippen molar-refractivity contribution in [3.63, 3.8) is 0 Å². The van der Waals surface area contributed by atoms with E-state index < -0.39 is 0 Å². The molecule has 0 bridgehead atoms. The van der Waals surface area contributed by atoms with Gasteiger partial charge in [-0.1, -0.05) is 23.7 Å². The number of methoxy groups -OCH3 is 1. The van der Waals surface area contributed by atoms with E-state index in [1.807, 2.05) is 0 Å². The average molecular weight is 371 g/mol. The molecular formula is C20H16ClFN2O2. The van der Waals surface area contributed by atoms with Gasteiger partial charge >= 0.3 is 0 Å². The molecule has 0 atom stereocenters. The van der Waals surface area contributed by atoms with Crippen LogP contribution in [0.25, 0.3) is 11.3 Å². The molecule has 3 aromatic rings. The summed E-state index contributed by atoms with van der Waals surface area (Å²) in [6.07, 6.45) is 1.64. The quantitative estimate of drug-likeness (QED) is 0.720. The maximum Gasteiger partial charge on any atom is 0.251 e. The minimum atomic E-state index is -0.338. The Labute approximate surface area is 155 Å². The maximum atomic E-state index is 13.2. The van der Waals surface area contributed by atoms with Crippen molar-refractivity contribution in [1.29, 1.82) is 0 Å². The van der Waals surface area contributed by atoms with Crippen LogP contribution in [0.3, 0.4) is 0 Å². The molecule has 1 N–H and O–H groups in total. The van der Waals surface area contributed by atoms with Gasteiger partial charge in [-0.05, 0) is 48.0 Å². The van der Waals surface area contributed by atoms with Crippen LogP contribution in [0.4, 0.5) is 4.39 Å². The number of carbonyl (C=O) groups is 1. The van der Waals surface area contributed by atoms with E-state index in [0.717, 1.165) is 0 Å². The van der Waals surface area contributed by atoms with E-state index >= 15 is 0 Å². The Bertz CT molecular complexity index is 947. The number of hydrogen-bond acceptors (Lipinski definition) is 3. The lowest BCUT2D eigenvalue weighted by Crippen LogP contribution is -2.22. The van der Waals surface area contributed by atoms with E-state index in [4.69, 9.17) is 16.3 Å². The van der Waals surface area contributed by atoms with Crippen molar-refractivity contribution in [2.24, 2.45) is 0 Å². The lowest BCUT2D eigenvalue weighted by Gasteiger charge is -2.12. The number of rotatable bonds is 5. The lowest BCUT2D eigenvalue weighted by atomic mass is 10.1. The highest BCUT2D eigenvalue weighted by atomic mass is 35.5. The molecule has 0 radical (unpaired) electrons. The molecule has 0 fully saturated rings. The number of carbonyl (C=O) groups excluding carboxylic acids is 1. The first-order valence-electron chi connectivity index (χ1n) is 7.90. The van der Waals surface area contributed by atoms with Crippen molar-refractivity contribution < 1.29 is 13.9 Å². The summed E-state index contributed by atoms with van der Waals surface area (Å²) in [5, 5.41) is 3.26. The Morgan fingerprint density at radius 1 is 1.19 bits per heavy atom. The third kappa shape index (κ3) is 4.00. The lowest BCUT2D eigenvalue weighted by molar-refractivity contribution is 0.0950. The number of ether oxygens (including phenoxy) is 1. The van der Waals surface area contributed by atoms with Crippen LogP contribution in [0.1, 0.15) is 15.9 Å². The van der Waals surface area contributed by atoms with Crippen LogP contribution >= 0.6 is 11.6 Å². The summed E-state index contributed by atoms with van der Waals surface area (Å²) < 4.78 is 18.6. The smallest absolute Gasteiger partial charge is 0.251 e. The van der Waals surface area contributed by atoms with Crippen LogP contribution in [-0.4, -0.2) is 18.0 Å². The molecule has 1 amide bonds. The van der Waals surface area contributed by atoms with Gasteiger partial charge in [0.05, 0.1) is 17.8 Å². The molecule has 1 aromatic heterocycles. The highest BCUT2D eigenvalue weighted by Crippen LogP contribution is 2.33. The van der Waals surface area contributed by atoms with E-state index in [0.29, 0.717) is 33.2 Å². The summed E-state index contributed by atoms with van der Waals surface area (Å²) in [5.74, 6) is -0.134. The van der Waals surface area contributed by atoms with Gasteiger partial charge in [-0.15, -0.1) is 0 Å². The molecule has 4 nitrogen and oxygen atoms in total. The van der Waals surface area contributed by atoms with Gasteiger partial charge in [-0.2, -0.15) is 0 Å². The van der Waals surface area contributed by atoms with Crippen LogP contribution in [0, 0.1) is 5.82 Å². The van der Waals surface area contributed by atoms with Crippen molar-refractivity contribution in [1.82, 2.24) is 10.3 Å². The fourth-order valence-electron chi connectivity index (χ4n) is 2.54. The second-order valence-corrected chi connectivity index (χ2v) is 5.97. The Kier molecular flexibility index (Phi) is 5.49. The first-order valence-corrected chi connectivity index (χ1v) is 8.28. The topological polar surface area (TPSA) is 51.2 Å². The zero-order valence-electron chi connectivity index (χ0n) is 14.0. The number of nitrogens with one attached hydrogen (secondary N) is 1. The summed E-state index contributed by atoms with van der Waals surface area (Å²) in [7, 11) is 1.52. The molecule has 0 saturated heterocycles. The molecule has 6 heteroatoms. The van der Waals surface area contributed by atoms with Crippen molar-refractivity contribution >= 4 is 17.5 Å². The standard InChI is InChI=1S/C20H16ClFN2O2/c1-26-18-11-14(7-8-16(18)19-17(21)6-3-9-23-19)20(25)24-12-13-4-2-5-15(22)10-13/h2-11H,12H2,1H3,(H,24,25). The van der Waals surface area contributed by atoms with Crippen LogP contribution in [-0.2, 0) is 6.54 Å². The zero-order chi connectivity index (χ0) is 18.5. The largest absolute Gasteiger partial charge is 0.496 e. The molecule has 26 heavy (non-hydrogen) atoms. The molecule has 0 aliphatic heterocycles. The van der Waals surface area contributed by atoms with Crippen LogP contribution in [0.15, 0.2) is 60.8 Å².